The third-order valence-corrected chi connectivity index (χ3v) is 3.37. The molecule has 1 aliphatic rings. The summed E-state index contributed by atoms with van der Waals surface area (Å²) in [5.41, 5.74) is 0.272. The molecule has 1 aromatic rings. The summed E-state index contributed by atoms with van der Waals surface area (Å²) in [4.78, 5) is 0. The Morgan fingerprint density at radius 3 is 2.80 bits per heavy atom. The Morgan fingerprint density at radius 2 is 2.20 bits per heavy atom. The van der Waals surface area contributed by atoms with Crippen LogP contribution in [0.25, 0.3) is 0 Å². The first-order chi connectivity index (χ1) is 7.13. The van der Waals surface area contributed by atoms with Crippen LogP contribution in [0.3, 0.4) is 0 Å². The standard InChI is InChI=1S/C12H15ClO2/c1-12(7-4-8-15-12)11(14)9-5-2-3-6-10(9)13/h2-3,5-6,11,14H,4,7-8H2,1H3. The second-order valence-electron chi connectivity index (χ2n) is 4.19. The van der Waals surface area contributed by atoms with Gasteiger partial charge in [0.2, 0.25) is 0 Å². The summed E-state index contributed by atoms with van der Waals surface area (Å²) in [6, 6.07) is 7.37. The predicted molar refractivity (Wildman–Crippen MR) is 60.0 cm³/mol. The molecule has 82 valence electrons. The van der Waals surface area contributed by atoms with Crippen LogP contribution in [0.15, 0.2) is 24.3 Å². The molecule has 2 nitrogen and oxygen atoms in total. The Balaban J connectivity index is 2.27. The number of benzene rings is 1. The van der Waals surface area contributed by atoms with Crippen LogP contribution >= 0.6 is 11.6 Å². The van der Waals surface area contributed by atoms with E-state index >= 15 is 0 Å². The molecule has 1 N–H and O–H groups in total. The normalized spacial score (nSPS) is 27.9. The van der Waals surface area contributed by atoms with Crippen molar-refractivity contribution in [3.05, 3.63) is 34.9 Å². The average molecular weight is 227 g/mol. The van der Waals surface area contributed by atoms with Gasteiger partial charge < -0.3 is 9.84 Å². The molecule has 2 rings (SSSR count). The lowest BCUT2D eigenvalue weighted by Crippen LogP contribution is -2.32. The van der Waals surface area contributed by atoms with Gasteiger partial charge in [0.25, 0.3) is 0 Å². The lowest BCUT2D eigenvalue weighted by Gasteiger charge is -2.30. The maximum Gasteiger partial charge on any atom is 0.109 e. The van der Waals surface area contributed by atoms with Gasteiger partial charge >= 0.3 is 0 Å². The van der Waals surface area contributed by atoms with Crippen LogP contribution in [0, 0.1) is 0 Å². The summed E-state index contributed by atoms with van der Waals surface area (Å²) in [6.07, 6.45) is 1.23. The highest BCUT2D eigenvalue weighted by atomic mass is 35.5. The molecule has 2 unspecified atom stereocenters. The van der Waals surface area contributed by atoms with Crippen LogP contribution in [0.2, 0.25) is 5.02 Å². The minimum absolute atomic E-state index is 0.481. The lowest BCUT2D eigenvalue weighted by atomic mass is 9.90. The van der Waals surface area contributed by atoms with E-state index in [0.29, 0.717) is 5.02 Å². The van der Waals surface area contributed by atoms with E-state index in [1.54, 1.807) is 6.07 Å². The lowest BCUT2D eigenvalue weighted by molar-refractivity contribution is -0.0795. The van der Waals surface area contributed by atoms with E-state index in [0.717, 1.165) is 25.0 Å². The van der Waals surface area contributed by atoms with E-state index in [1.165, 1.54) is 0 Å². The Hall–Kier alpha value is -0.570. The number of halogens is 1. The number of hydrogen-bond donors (Lipinski definition) is 1. The van der Waals surface area contributed by atoms with Gasteiger partial charge in [0.15, 0.2) is 0 Å². The highest BCUT2D eigenvalue weighted by Gasteiger charge is 2.38. The Bertz CT molecular complexity index is 345. The van der Waals surface area contributed by atoms with Gasteiger partial charge in [-0.2, -0.15) is 0 Å². The van der Waals surface area contributed by atoms with E-state index in [9.17, 15) is 5.11 Å². The van der Waals surface area contributed by atoms with Gasteiger partial charge in [-0.1, -0.05) is 29.8 Å². The van der Waals surface area contributed by atoms with Gasteiger partial charge in [-0.05, 0) is 25.8 Å². The van der Waals surface area contributed by atoms with Gasteiger partial charge in [0, 0.05) is 17.2 Å². The minimum atomic E-state index is -0.645. The van der Waals surface area contributed by atoms with Crippen molar-refractivity contribution in [3.63, 3.8) is 0 Å². The molecule has 2 atom stereocenters. The first-order valence-electron chi connectivity index (χ1n) is 5.20. The zero-order valence-corrected chi connectivity index (χ0v) is 9.50. The summed E-state index contributed by atoms with van der Waals surface area (Å²) in [7, 11) is 0. The molecule has 1 saturated heterocycles. The van der Waals surface area contributed by atoms with Crippen molar-refractivity contribution >= 4 is 11.6 Å². The van der Waals surface area contributed by atoms with Crippen molar-refractivity contribution in [2.24, 2.45) is 0 Å². The molecular formula is C12H15ClO2. The molecule has 1 fully saturated rings. The van der Waals surface area contributed by atoms with Gasteiger partial charge in [0.05, 0.1) is 5.60 Å². The average Bonchev–Trinajstić information content (AvgIpc) is 2.66. The number of rotatable bonds is 2. The SMILES string of the molecule is CC1(C(O)c2ccccc2Cl)CCCO1. The summed E-state index contributed by atoms with van der Waals surface area (Å²) in [5, 5.41) is 10.8. The molecule has 1 heterocycles. The predicted octanol–water partition coefficient (Wildman–Crippen LogP) is 2.94. The number of ether oxygens (including phenoxy) is 1. The third-order valence-electron chi connectivity index (χ3n) is 3.03. The van der Waals surface area contributed by atoms with Crippen molar-refractivity contribution < 1.29 is 9.84 Å². The second kappa shape index (κ2) is 4.12. The number of aliphatic hydroxyl groups excluding tert-OH is 1. The van der Waals surface area contributed by atoms with Crippen LogP contribution in [0.4, 0.5) is 0 Å². The van der Waals surface area contributed by atoms with Crippen molar-refractivity contribution in [1.29, 1.82) is 0 Å². The summed E-state index contributed by atoms with van der Waals surface area (Å²) < 4.78 is 5.60. The molecule has 0 spiro atoms. The topological polar surface area (TPSA) is 29.5 Å². The van der Waals surface area contributed by atoms with E-state index in [1.807, 2.05) is 25.1 Å². The zero-order chi connectivity index (χ0) is 10.9. The van der Waals surface area contributed by atoms with E-state index < -0.39 is 11.7 Å². The van der Waals surface area contributed by atoms with Crippen LogP contribution < -0.4 is 0 Å². The Kier molecular flexibility index (Phi) is 3.01. The minimum Gasteiger partial charge on any atom is -0.385 e. The van der Waals surface area contributed by atoms with E-state index in [2.05, 4.69) is 0 Å². The molecular weight excluding hydrogens is 212 g/mol. The smallest absolute Gasteiger partial charge is 0.109 e. The summed E-state index contributed by atoms with van der Waals surface area (Å²) >= 11 is 6.04. The molecule has 15 heavy (non-hydrogen) atoms. The second-order valence-corrected chi connectivity index (χ2v) is 4.60. The molecule has 0 bridgehead atoms. The zero-order valence-electron chi connectivity index (χ0n) is 8.74. The fraction of sp³-hybridized carbons (Fsp3) is 0.500. The first-order valence-corrected chi connectivity index (χ1v) is 5.58. The first kappa shape index (κ1) is 10.9. The van der Waals surface area contributed by atoms with E-state index in [-0.39, 0.29) is 0 Å². The van der Waals surface area contributed by atoms with E-state index in [4.69, 9.17) is 16.3 Å². The van der Waals surface area contributed by atoms with Crippen LogP contribution in [-0.2, 0) is 4.74 Å². The summed E-state index contributed by atoms with van der Waals surface area (Å²) in [5.74, 6) is 0. The Labute approximate surface area is 94.8 Å². The van der Waals surface area contributed by atoms with Gasteiger partial charge in [-0.15, -0.1) is 0 Å². The fourth-order valence-corrected chi connectivity index (χ4v) is 2.28. The van der Waals surface area contributed by atoms with Crippen molar-refractivity contribution in [3.8, 4) is 0 Å². The van der Waals surface area contributed by atoms with Crippen LogP contribution in [0.1, 0.15) is 31.4 Å². The highest BCUT2D eigenvalue weighted by Crippen LogP contribution is 2.39. The van der Waals surface area contributed by atoms with Crippen molar-refractivity contribution in [1.82, 2.24) is 0 Å². The van der Waals surface area contributed by atoms with Crippen LogP contribution in [-0.4, -0.2) is 17.3 Å². The number of aliphatic hydroxyl groups is 1. The van der Waals surface area contributed by atoms with Gasteiger partial charge in [-0.25, -0.2) is 0 Å². The molecule has 0 aliphatic carbocycles. The molecule has 3 heteroatoms. The maximum atomic E-state index is 10.3. The molecule has 1 aromatic carbocycles. The fourth-order valence-electron chi connectivity index (χ4n) is 2.04. The highest BCUT2D eigenvalue weighted by molar-refractivity contribution is 6.31. The quantitative estimate of drug-likeness (QED) is 0.840. The molecule has 0 saturated carbocycles. The van der Waals surface area contributed by atoms with Crippen LogP contribution in [0.5, 0.6) is 0 Å². The maximum absolute atomic E-state index is 10.3. The molecule has 0 aromatic heterocycles. The number of hydrogen-bond acceptors (Lipinski definition) is 2. The molecule has 0 amide bonds. The summed E-state index contributed by atoms with van der Waals surface area (Å²) in [6.45, 7) is 2.66. The largest absolute Gasteiger partial charge is 0.385 e. The van der Waals surface area contributed by atoms with Gasteiger partial charge in [0.1, 0.15) is 6.10 Å². The van der Waals surface area contributed by atoms with Crippen molar-refractivity contribution in [2.45, 2.75) is 31.5 Å². The third kappa shape index (κ3) is 2.03. The Morgan fingerprint density at radius 1 is 1.47 bits per heavy atom. The molecule has 0 radical (unpaired) electrons. The van der Waals surface area contributed by atoms with Crippen molar-refractivity contribution in [2.75, 3.05) is 6.61 Å². The van der Waals surface area contributed by atoms with Gasteiger partial charge in [-0.3, -0.25) is 0 Å². The molecule has 1 aliphatic heterocycles. The monoisotopic (exact) mass is 226 g/mol.